The number of nitrogens with zero attached hydrogens (tertiary/aromatic N) is 1. The SMILES string of the molecule is COc1ccc(CCC(C)N(C)C(C)C(=O)O)cc1. The topological polar surface area (TPSA) is 49.8 Å². The molecule has 1 aromatic rings. The molecule has 0 spiro atoms. The number of ether oxygens (including phenoxy) is 1. The number of rotatable bonds is 7. The van der Waals surface area contributed by atoms with Crippen molar-refractivity contribution in [3.05, 3.63) is 29.8 Å². The van der Waals surface area contributed by atoms with E-state index < -0.39 is 12.0 Å². The first kappa shape index (κ1) is 15.5. The number of aliphatic carboxylic acids is 1. The molecule has 2 unspecified atom stereocenters. The quantitative estimate of drug-likeness (QED) is 0.822. The van der Waals surface area contributed by atoms with E-state index in [-0.39, 0.29) is 6.04 Å². The first-order chi connectivity index (χ1) is 8.95. The lowest BCUT2D eigenvalue weighted by atomic mass is 10.0. The maximum Gasteiger partial charge on any atom is 0.320 e. The van der Waals surface area contributed by atoms with Crippen molar-refractivity contribution in [3.8, 4) is 5.75 Å². The van der Waals surface area contributed by atoms with Crippen LogP contribution in [0.4, 0.5) is 0 Å². The number of carbonyl (C=O) groups is 1. The third-order valence-electron chi connectivity index (χ3n) is 3.67. The van der Waals surface area contributed by atoms with Gasteiger partial charge in [-0.2, -0.15) is 0 Å². The molecule has 0 fully saturated rings. The Balaban J connectivity index is 2.48. The Morgan fingerprint density at radius 2 is 1.89 bits per heavy atom. The second-order valence-corrected chi connectivity index (χ2v) is 4.92. The van der Waals surface area contributed by atoms with Gasteiger partial charge in [-0.25, -0.2) is 0 Å². The van der Waals surface area contributed by atoms with Crippen LogP contribution in [0, 0.1) is 0 Å². The molecule has 0 saturated carbocycles. The number of likely N-dealkylation sites (N-methyl/N-ethyl adjacent to an activating group) is 1. The van der Waals surface area contributed by atoms with Crippen molar-refractivity contribution in [2.24, 2.45) is 0 Å². The minimum absolute atomic E-state index is 0.230. The molecule has 2 atom stereocenters. The van der Waals surface area contributed by atoms with E-state index in [0.717, 1.165) is 18.6 Å². The molecule has 0 amide bonds. The van der Waals surface area contributed by atoms with Crippen LogP contribution in [0.3, 0.4) is 0 Å². The Morgan fingerprint density at radius 3 is 2.37 bits per heavy atom. The molecule has 1 aromatic carbocycles. The summed E-state index contributed by atoms with van der Waals surface area (Å²) in [6.45, 7) is 3.77. The minimum atomic E-state index is -0.779. The zero-order chi connectivity index (χ0) is 14.4. The lowest BCUT2D eigenvalue weighted by Gasteiger charge is -2.28. The third-order valence-corrected chi connectivity index (χ3v) is 3.67. The van der Waals surface area contributed by atoms with Crippen LogP contribution < -0.4 is 4.74 Å². The van der Waals surface area contributed by atoms with E-state index in [1.165, 1.54) is 5.56 Å². The number of hydrogen-bond acceptors (Lipinski definition) is 3. The van der Waals surface area contributed by atoms with Crippen molar-refractivity contribution in [2.75, 3.05) is 14.2 Å². The van der Waals surface area contributed by atoms with Gasteiger partial charge in [0.15, 0.2) is 0 Å². The van der Waals surface area contributed by atoms with Crippen LogP contribution in [0.2, 0.25) is 0 Å². The fourth-order valence-corrected chi connectivity index (χ4v) is 1.93. The van der Waals surface area contributed by atoms with Crippen LogP contribution in [0.25, 0.3) is 0 Å². The number of benzene rings is 1. The number of methoxy groups -OCH3 is 1. The van der Waals surface area contributed by atoms with Crippen molar-refractivity contribution in [2.45, 2.75) is 38.8 Å². The van der Waals surface area contributed by atoms with E-state index in [4.69, 9.17) is 9.84 Å². The second-order valence-electron chi connectivity index (χ2n) is 4.92. The van der Waals surface area contributed by atoms with Crippen molar-refractivity contribution >= 4 is 5.97 Å². The summed E-state index contributed by atoms with van der Waals surface area (Å²) in [6.07, 6.45) is 1.86. The number of carboxylic acid groups (broad SMARTS) is 1. The second kappa shape index (κ2) is 7.14. The summed E-state index contributed by atoms with van der Waals surface area (Å²) in [6, 6.07) is 7.77. The molecule has 19 heavy (non-hydrogen) atoms. The van der Waals surface area contributed by atoms with Crippen LogP contribution in [0.15, 0.2) is 24.3 Å². The molecule has 4 heteroatoms. The lowest BCUT2D eigenvalue weighted by molar-refractivity contribution is -0.142. The number of hydrogen-bond donors (Lipinski definition) is 1. The predicted octanol–water partition coefficient (Wildman–Crippen LogP) is 2.42. The zero-order valence-electron chi connectivity index (χ0n) is 12.1. The van der Waals surface area contributed by atoms with Crippen molar-refractivity contribution in [3.63, 3.8) is 0 Å². The van der Waals surface area contributed by atoms with Crippen LogP contribution >= 0.6 is 0 Å². The van der Waals surface area contributed by atoms with Crippen LogP contribution in [0.1, 0.15) is 25.8 Å². The van der Waals surface area contributed by atoms with Gasteiger partial charge in [-0.05, 0) is 51.4 Å². The predicted molar refractivity (Wildman–Crippen MR) is 75.6 cm³/mol. The summed E-state index contributed by atoms with van der Waals surface area (Å²) in [5, 5.41) is 8.99. The summed E-state index contributed by atoms with van der Waals surface area (Å²) in [7, 11) is 3.51. The van der Waals surface area contributed by atoms with E-state index in [9.17, 15) is 4.79 Å². The summed E-state index contributed by atoms with van der Waals surface area (Å²) in [4.78, 5) is 12.8. The largest absolute Gasteiger partial charge is 0.497 e. The van der Waals surface area contributed by atoms with Gasteiger partial charge in [-0.3, -0.25) is 9.69 Å². The molecular formula is C15H23NO3. The van der Waals surface area contributed by atoms with Gasteiger partial charge in [0.1, 0.15) is 11.8 Å². The van der Waals surface area contributed by atoms with E-state index in [0.29, 0.717) is 0 Å². The highest BCUT2D eigenvalue weighted by Gasteiger charge is 2.21. The summed E-state index contributed by atoms with van der Waals surface area (Å²) >= 11 is 0. The lowest BCUT2D eigenvalue weighted by Crippen LogP contribution is -2.41. The van der Waals surface area contributed by atoms with Gasteiger partial charge in [-0.15, -0.1) is 0 Å². The fraction of sp³-hybridized carbons (Fsp3) is 0.533. The van der Waals surface area contributed by atoms with E-state index in [2.05, 4.69) is 6.92 Å². The van der Waals surface area contributed by atoms with E-state index >= 15 is 0 Å². The normalized spacial score (nSPS) is 14.2. The smallest absolute Gasteiger partial charge is 0.320 e. The Kier molecular flexibility index (Phi) is 5.83. The van der Waals surface area contributed by atoms with Gasteiger partial charge in [0.2, 0.25) is 0 Å². The van der Waals surface area contributed by atoms with Crippen LogP contribution in [-0.4, -0.2) is 42.2 Å². The Morgan fingerprint density at radius 1 is 1.32 bits per heavy atom. The molecule has 0 aliphatic rings. The molecule has 4 nitrogen and oxygen atoms in total. The van der Waals surface area contributed by atoms with Gasteiger partial charge in [0, 0.05) is 6.04 Å². The highest BCUT2D eigenvalue weighted by Crippen LogP contribution is 2.15. The molecule has 0 radical (unpaired) electrons. The van der Waals surface area contributed by atoms with Crippen molar-refractivity contribution in [1.82, 2.24) is 4.90 Å². The highest BCUT2D eigenvalue weighted by molar-refractivity contribution is 5.72. The molecular weight excluding hydrogens is 242 g/mol. The summed E-state index contributed by atoms with van der Waals surface area (Å²) in [5.74, 6) is 0.0761. The molecule has 0 aliphatic carbocycles. The van der Waals surface area contributed by atoms with Crippen molar-refractivity contribution < 1.29 is 14.6 Å². The van der Waals surface area contributed by atoms with Gasteiger partial charge in [0.25, 0.3) is 0 Å². The molecule has 0 heterocycles. The molecule has 0 saturated heterocycles. The van der Waals surface area contributed by atoms with E-state index in [1.807, 2.05) is 36.2 Å². The van der Waals surface area contributed by atoms with Gasteiger partial charge < -0.3 is 9.84 Å². The maximum atomic E-state index is 10.9. The van der Waals surface area contributed by atoms with Crippen LogP contribution in [0.5, 0.6) is 5.75 Å². The standard InChI is InChI=1S/C15H23NO3/c1-11(16(3)12(2)15(17)18)5-6-13-7-9-14(19-4)10-8-13/h7-12H,5-6H2,1-4H3,(H,17,18). The highest BCUT2D eigenvalue weighted by atomic mass is 16.5. The monoisotopic (exact) mass is 265 g/mol. The van der Waals surface area contributed by atoms with Gasteiger partial charge in [0.05, 0.1) is 7.11 Å². The number of carboxylic acids is 1. The zero-order valence-corrected chi connectivity index (χ0v) is 12.1. The van der Waals surface area contributed by atoms with Crippen molar-refractivity contribution in [1.29, 1.82) is 0 Å². The average Bonchev–Trinajstić information content (AvgIpc) is 2.43. The maximum absolute atomic E-state index is 10.9. The molecule has 0 bridgehead atoms. The van der Waals surface area contributed by atoms with Gasteiger partial charge >= 0.3 is 5.97 Å². The third kappa shape index (κ3) is 4.56. The van der Waals surface area contributed by atoms with Crippen LogP contribution in [-0.2, 0) is 11.2 Å². The first-order valence-corrected chi connectivity index (χ1v) is 6.53. The summed E-state index contributed by atoms with van der Waals surface area (Å²) in [5.41, 5.74) is 1.24. The molecule has 0 aromatic heterocycles. The Hall–Kier alpha value is -1.55. The first-order valence-electron chi connectivity index (χ1n) is 6.53. The molecule has 106 valence electrons. The fourth-order valence-electron chi connectivity index (χ4n) is 1.93. The molecule has 0 aliphatic heterocycles. The average molecular weight is 265 g/mol. The van der Waals surface area contributed by atoms with E-state index in [1.54, 1.807) is 14.0 Å². The molecule has 1 N–H and O–H groups in total. The Bertz CT molecular complexity index is 402. The Labute approximate surface area is 115 Å². The minimum Gasteiger partial charge on any atom is -0.497 e. The molecule has 1 rings (SSSR count). The van der Waals surface area contributed by atoms with Gasteiger partial charge in [-0.1, -0.05) is 12.1 Å². The summed E-state index contributed by atoms with van der Waals surface area (Å²) < 4.78 is 5.12. The number of aryl methyl sites for hydroxylation is 1.